The van der Waals surface area contributed by atoms with Crippen LogP contribution in [0.2, 0.25) is 0 Å². The molecule has 244 valence electrons. The molecule has 1 aliphatic rings. The van der Waals surface area contributed by atoms with Crippen molar-refractivity contribution in [3.63, 3.8) is 0 Å². The first-order valence-electron chi connectivity index (χ1n) is 14.3. The number of carbonyl (C=O) groups excluding carboxylic acids is 1. The maximum absolute atomic E-state index is 14.1. The van der Waals surface area contributed by atoms with Gasteiger partial charge < -0.3 is 23.8 Å². The topological polar surface area (TPSA) is 116 Å². The summed E-state index contributed by atoms with van der Waals surface area (Å²) in [6.07, 6.45) is -2.25. The van der Waals surface area contributed by atoms with Crippen LogP contribution in [0.1, 0.15) is 53.9 Å². The third-order valence-electron chi connectivity index (χ3n) is 7.13. The lowest BCUT2D eigenvalue weighted by molar-refractivity contribution is -0.139. The first kappa shape index (κ1) is 34.0. The van der Waals surface area contributed by atoms with E-state index in [2.05, 4.69) is 4.98 Å². The largest absolute Gasteiger partial charge is 0.492 e. The highest BCUT2D eigenvalue weighted by molar-refractivity contribution is 7.90. The summed E-state index contributed by atoms with van der Waals surface area (Å²) in [6.45, 7) is 2.76. The van der Waals surface area contributed by atoms with Crippen molar-refractivity contribution < 1.29 is 45.3 Å². The molecule has 0 radical (unpaired) electrons. The molecular formula is C31H36F3N3O7S. The molecule has 1 aliphatic carbocycles. The molecule has 1 fully saturated rings. The summed E-state index contributed by atoms with van der Waals surface area (Å²) >= 11 is 0. The number of benzene rings is 2. The molecule has 14 heteroatoms. The van der Waals surface area contributed by atoms with Crippen LogP contribution >= 0.6 is 0 Å². The molecule has 0 bridgehead atoms. The monoisotopic (exact) mass is 651 g/mol. The number of hydrogen-bond donors (Lipinski definition) is 1. The Kier molecular flexibility index (Phi) is 10.9. The molecule has 1 aromatic heterocycles. The third-order valence-corrected chi connectivity index (χ3v) is 8.48. The molecule has 1 N–H and O–H groups in total. The molecule has 0 spiro atoms. The number of amides is 1. The molecule has 1 atom stereocenters. The van der Waals surface area contributed by atoms with Gasteiger partial charge in [0.05, 0.1) is 28.5 Å². The maximum Gasteiger partial charge on any atom is 0.419 e. The molecular weight excluding hydrogens is 615 g/mol. The number of sulfonamides is 1. The van der Waals surface area contributed by atoms with Crippen LogP contribution in [0.25, 0.3) is 0 Å². The zero-order valence-corrected chi connectivity index (χ0v) is 26.2. The van der Waals surface area contributed by atoms with Crippen molar-refractivity contribution in [3.05, 3.63) is 77.6 Å². The van der Waals surface area contributed by atoms with Crippen molar-refractivity contribution in [3.8, 4) is 17.2 Å². The van der Waals surface area contributed by atoms with Crippen LogP contribution in [0.3, 0.4) is 0 Å². The highest BCUT2D eigenvalue weighted by atomic mass is 32.2. The molecule has 0 saturated heterocycles. The number of pyridine rings is 1. The van der Waals surface area contributed by atoms with Crippen LogP contribution in [0, 0.1) is 0 Å². The predicted molar refractivity (Wildman–Crippen MR) is 159 cm³/mol. The first-order valence-corrected chi connectivity index (χ1v) is 15.8. The zero-order chi connectivity index (χ0) is 32.8. The number of likely N-dealkylation sites (N-methyl/N-ethyl adjacent to an activating group) is 1. The summed E-state index contributed by atoms with van der Waals surface area (Å²) in [5.74, 6) is -0.808. The molecule has 3 aromatic rings. The Hall–Kier alpha value is -3.88. The first-order chi connectivity index (χ1) is 21.3. The Morgan fingerprint density at radius 3 is 2.31 bits per heavy atom. The number of ether oxygens (including phenoxy) is 4. The second-order valence-electron chi connectivity index (χ2n) is 10.8. The highest BCUT2D eigenvalue weighted by Crippen LogP contribution is 2.39. The molecule has 2 aromatic carbocycles. The van der Waals surface area contributed by atoms with E-state index in [0.717, 1.165) is 25.0 Å². The Morgan fingerprint density at radius 1 is 1.04 bits per heavy atom. The molecule has 0 aliphatic heterocycles. The van der Waals surface area contributed by atoms with E-state index >= 15 is 0 Å². The summed E-state index contributed by atoms with van der Waals surface area (Å²) in [5, 5.41) is 0. The van der Waals surface area contributed by atoms with Crippen molar-refractivity contribution in [2.24, 2.45) is 0 Å². The van der Waals surface area contributed by atoms with Gasteiger partial charge in [-0.15, -0.1) is 0 Å². The fraction of sp³-hybridized carbons (Fsp3) is 0.419. The second kappa shape index (κ2) is 14.5. The zero-order valence-electron chi connectivity index (χ0n) is 25.3. The van der Waals surface area contributed by atoms with Gasteiger partial charge >= 0.3 is 6.18 Å². The van der Waals surface area contributed by atoms with Crippen LogP contribution in [-0.2, 0) is 20.9 Å². The molecule has 1 amide bonds. The van der Waals surface area contributed by atoms with Gasteiger partial charge in [0.15, 0.2) is 0 Å². The quantitative estimate of drug-likeness (QED) is 0.250. The molecule has 0 unspecified atom stereocenters. The molecule has 10 nitrogen and oxygen atoms in total. The van der Waals surface area contributed by atoms with E-state index < -0.39 is 45.1 Å². The number of methoxy groups -OCH3 is 1. The fourth-order valence-corrected chi connectivity index (χ4v) is 5.43. The Morgan fingerprint density at radius 2 is 1.73 bits per heavy atom. The van der Waals surface area contributed by atoms with Crippen molar-refractivity contribution in [1.82, 2.24) is 14.6 Å². The van der Waals surface area contributed by atoms with Gasteiger partial charge in [-0.2, -0.15) is 13.2 Å². The number of nitrogens with zero attached hydrogens (tertiary/aromatic N) is 2. The minimum absolute atomic E-state index is 0.0130. The lowest BCUT2D eigenvalue weighted by Gasteiger charge is -2.34. The van der Waals surface area contributed by atoms with Crippen LogP contribution in [0.5, 0.6) is 17.2 Å². The molecule has 4 rings (SSSR count). The lowest BCUT2D eigenvalue weighted by atomic mass is 9.92. The van der Waals surface area contributed by atoms with E-state index in [9.17, 15) is 26.4 Å². The Balaban J connectivity index is 1.45. The molecule has 1 saturated carbocycles. The maximum atomic E-state index is 14.1. The second-order valence-corrected chi connectivity index (χ2v) is 12.5. The number of rotatable bonds is 14. The summed E-state index contributed by atoms with van der Waals surface area (Å²) < 4.78 is 92.1. The standard InChI is InChI=1S/C31H36F3N3O7S/c1-5-28(27-12-9-22(19-35-27)43-24-17-23(18-24)41-4)44-29-13-6-20(16-26(29)31(32,33)34)30(38)36-45(39,40)25-10-7-21(8-11-25)42-15-14-37(2)3/h6-13,16,19,23-24,28H,5,14-15,17-18H2,1-4H3,(H,36,38)/t23?,24?,28-/m1/s1. The summed E-state index contributed by atoms with van der Waals surface area (Å²) in [6, 6.07) is 11.2. The van der Waals surface area contributed by atoms with E-state index in [4.69, 9.17) is 18.9 Å². The van der Waals surface area contributed by atoms with E-state index in [-0.39, 0.29) is 17.1 Å². The number of nitrogens with one attached hydrogen (secondary N) is 1. The van der Waals surface area contributed by atoms with E-state index in [1.807, 2.05) is 23.7 Å². The van der Waals surface area contributed by atoms with Gasteiger partial charge in [0.25, 0.3) is 15.9 Å². The molecule has 45 heavy (non-hydrogen) atoms. The fourth-order valence-electron chi connectivity index (χ4n) is 4.45. The van der Waals surface area contributed by atoms with Crippen LogP contribution < -0.4 is 18.9 Å². The third kappa shape index (κ3) is 9.08. The SMILES string of the molecule is CC[C@@H](Oc1ccc(C(=O)NS(=O)(=O)c2ccc(OCCN(C)C)cc2)cc1C(F)(F)F)c1ccc(OC2CC(OC)C2)cn1. The minimum atomic E-state index is -4.90. The number of hydrogen-bond acceptors (Lipinski definition) is 9. The van der Waals surface area contributed by atoms with Gasteiger partial charge in [-0.05, 0) is 75.1 Å². The highest BCUT2D eigenvalue weighted by Gasteiger charge is 2.36. The normalized spacial score (nSPS) is 17.3. The number of carbonyl (C=O) groups is 1. The number of alkyl halides is 3. The van der Waals surface area contributed by atoms with E-state index in [0.29, 0.717) is 42.8 Å². The summed E-state index contributed by atoms with van der Waals surface area (Å²) in [7, 11) is 1.01. The lowest BCUT2D eigenvalue weighted by Crippen LogP contribution is -2.38. The van der Waals surface area contributed by atoms with Crippen molar-refractivity contribution in [2.75, 3.05) is 34.4 Å². The number of aromatic nitrogens is 1. The Bertz CT molecular complexity index is 1540. The van der Waals surface area contributed by atoms with Crippen LogP contribution in [-0.4, -0.2) is 70.8 Å². The molecule has 1 heterocycles. The van der Waals surface area contributed by atoms with E-state index in [1.165, 1.54) is 30.5 Å². The Labute approximate surface area is 260 Å². The van der Waals surface area contributed by atoms with Crippen LogP contribution in [0.15, 0.2) is 65.7 Å². The van der Waals surface area contributed by atoms with Gasteiger partial charge in [-0.25, -0.2) is 13.1 Å². The van der Waals surface area contributed by atoms with Gasteiger partial charge in [0, 0.05) is 32.1 Å². The average molecular weight is 652 g/mol. The van der Waals surface area contributed by atoms with Gasteiger partial charge in [-0.1, -0.05) is 6.92 Å². The summed E-state index contributed by atoms with van der Waals surface area (Å²) in [4.78, 5) is 18.8. The van der Waals surface area contributed by atoms with E-state index in [1.54, 1.807) is 26.2 Å². The minimum Gasteiger partial charge on any atom is -0.492 e. The van der Waals surface area contributed by atoms with Gasteiger partial charge in [0.1, 0.15) is 36.1 Å². The smallest absolute Gasteiger partial charge is 0.419 e. The van der Waals surface area contributed by atoms with Crippen molar-refractivity contribution in [2.45, 2.75) is 55.6 Å². The van der Waals surface area contributed by atoms with Crippen LogP contribution in [0.4, 0.5) is 13.2 Å². The average Bonchev–Trinajstić information content (AvgIpc) is 2.97. The van der Waals surface area contributed by atoms with Crippen molar-refractivity contribution in [1.29, 1.82) is 0 Å². The van der Waals surface area contributed by atoms with Gasteiger partial charge in [-0.3, -0.25) is 9.78 Å². The number of halogens is 3. The summed E-state index contributed by atoms with van der Waals surface area (Å²) in [5.41, 5.74) is -1.35. The van der Waals surface area contributed by atoms with Crippen molar-refractivity contribution >= 4 is 15.9 Å². The predicted octanol–water partition coefficient (Wildman–Crippen LogP) is 5.25. The van der Waals surface area contributed by atoms with Gasteiger partial charge in [0.2, 0.25) is 0 Å².